The summed E-state index contributed by atoms with van der Waals surface area (Å²) < 4.78 is 1.74. The van der Waals surface area contributed by atoms with Gasteiger partial charge in [-0.3, -0.25) is 9.69 Å². The quantitative estimate of drug-likeness (QED) is 0.433. The number of carbonyl (C=O) groups is 1. The van der Waals surface area contributed by atoms with Gasteiger partial charge in [-0.15, -0.1) is 0 Å². The first kappa shape index (κ1) is 22.1. The second-order valence-corrected chi connectivity index (χ2v) is 9.25. The largest absolute Gasteiger partial charge is 0.364 e. The van der Waals surface area contributed by atoms with Gasteiger partial charge in [0.1, 0.15) is 0 Å². The van der Waals surface area contributed by atoms with Gasteiger partial charge in [0.15, 0.2) is 5.69 Å². The number of carbonyl (C=O) groups excluding carboxylic acids is 1. The number of nitrogens with zero attached hydrogens (tertiary/aromatic N) is 3. The van der Waals surface area contributed by atoms with Crippen molar-refractivity contribution in [1.29, 1.82) is 0 Å². The zero-order valence-corrected chi connectivity index (χ0v) is 19.7. The van der Waals surface area contributed by atoms with Crippen LogP contribution in [0.2, 0.25) is 0 Å². The molecule has 1 aliphatic rings. The molecule has 34 heavy (non-hydrogen) atoms. The van der Waals surface area contributed by atoms with Gasteiger partial charge in [-0.2, -0.15) is 5.10 Å². The molecular weight excluding hydrogens is 420 g/mol. The summed E-state index contributed by atoms with van der Waals surface area (Å²) in [5.74, 6) is -0.515. The highest BCUT2D eigenvalue weighted by atomic mass is 16.1. The lowest BCUT2D eigenvalue weighted by atomic mass is 9.97. The van der Waals surface area contributed by atoms with Crippen LogP contribution in [0.15, 0.2) is 78.9 Å². The van der Waals surface area contributed by atoms with Crippen LogP contribution in [0.1, 0.15) is 51.8 Å². The number of primary amides is 1. The van der Waals surface area contributed by atoms with Gasteiger partial charge in [0, 0.05) is 11.7 Å². The molecule has 2 heterocycles. The van der Waals surface area contributed by atoms with E-state index in [1.54, 1.807) is 10.7 Å². The van der Waals surface area contributed by atoms with E-state index < -0.39 is 5.91 Å². The Hall–Kier alpha value is -3.70. The maximum atomic E-state index is 11.4. The number of rotatable bonds is 6. The van der Waals surface area contributed by atoms with Crippen LogP contribution < -0.4 is 5.73 Å². The van der Waals surface area contributed by atoms with E-state index >= 15 is 0 Å². The number of likely N-dealkylation sites (tertiary alicyclic amines) is 1. The molecule has 1 amide bonds. The van der Waals surface area contributed by atoms with Crippen molar-refractivity contribution < 1.29 is 4.79 Å². The highest BCUT2D eigenvalue weighted by Crippen LogP contribution is 2.31. The van der Waals surface area contributed by atoms with E-state index in [4.69, 9.17) is 5.73 Å². The van der Waals surface area contributed by atoms with E-state index in [1.165, 1.54) is 47.2 Å². The standard InChI is InChI=1S/C29H30N4O/c1-20-18-27(29(30)34)31-33(20)26-15-7-22(8-16-26)19-21-5-9-23(10-6-21)24-11-13-25(14-12-24)28-4-3-17-32(28)2/h5-16,18,28H,3-4,17,19H2,1-2H3,(H2,30,34). The maximum absolute atomic E-state index is 11.4. The fraction of sp³-hybridized carbons (Fsp3) is 0.241. The molecule has 1 aliphatic heterocycles. The Morgan fingerprint density at radius 2 is 1.53 bits per heavy atom. The molecule has 4 aromatic rings. The van der Waals surface area contributed by atoms with Gasteiger partial charge in [-0.25, -0.2) is 4.68 Å². The average Bonchev–Trinajstić information content (AvgIpc) is 3.46. The summed E-state index contributed by atoms with van der Waals surface area (Å²) in [5, 5.41) is 4.30. The molecule has 0 radical (unpaired) electrons. The lowest BCUT2D eigenvalue weighted by molar-refractivity contribution is 0.0995. The second kappa shape index (κ2) is 9.27. The number of hydrogen-bond acceptors (Lipinski definition) is 3. The predicted octanol–water partition coefficient (Wildman–Crippen LogP) is 5.30. The summed E-state index contributed by atoms with van der Waals surface area (Å²) in [6.07, 6.45) is 3.39. The summed E-state index contributed by atoms with van der Waals surface area (Å²) in [5.41, 5.74) is 13.8. The molecular formula is C29H30N4O. The number of benzene rings is 3. The molecule has 1 saturated heterocycles. The van der Waals surface area contributed by atoms with Crippen molar-refractivity contribution in [3.05, 3.63) is 107 Å². The normalized spacial score (nSPS) is 16.1. The lowest BCUT2D eigenvalue weighted by Crippen LogP contribution is -2.17. The summed E-state index contributed by atoms with van der Waals surface area (Å²) in [4.78, 5) is 13.8. The van der Waals surface area contributed by atoms with Crippen LogP contribution in [0.25, 0.3) is 16.8 Å². The predicted molar refractivity (Wildman–Crippen MR) is 136 cm³/mol. The molecule has 5 nitrogen and oxygen atoms in total. The van der Waals surface area contributed by atoms with Gasteiger partial charge < -0.3 is 5.73 Å². The molecule has 2 N–H and O–H groups in total. The summed E-state index contributed by atoms with van der Waals surface area (Å²) in [6.45, 7) is 3.10. The lowest BCUT2D eigenvalue weighted by Gasteiger charge is -2.20. The second-order valence-electron chi connectivity index (χ2n) is 9.25. The minimum atomic E-state index is -0.515. The number of amides is 1. The summed E-state index contributed by atoms with van der Waals surface area (Å²) in [7, 11) is 2.22. The first-order valence-electron chi connectivity index (χ1n) is 11.8. The third-order valence-electron chi connectivity index (χ3n) is 6.83. The van der Waals surface area contributed by atoms with Crippen LogP contribution in [0.3, 0.4) is 0 Å². The number of aryl methyl sites for hydroxylation is 1. The number of aromatic nitrogens is 2. The zero-order chi connectivity index (χ0) is 23.7. The van der Waals surface area contributed by atoms with Crippen molar-refractivity contribution >= 4 is 5.91 Å². The van der Waals surface area contributed by atoms with Crippen molar-refractivity contribution in [3.8, 4) is 16.8 Å². The topological polar surface area (TPSA) is 64.2 Å². The van der Waals surface area contributed by atoms with E-state index in [0.717, 1.165) is 17.8 Å². The number of hydrogen-bond donors (Lipinski definition) is 1. The van der Waals surface area contributed by atoms with Crippen molar-refractivity contribution in [2.24, 2.45) is 5.73 Å². The van der Waals surface area contributed by atoms with E-state index in [2.05, 4.69) is 77.7 Å². The molecule has 172 valence electrons. The van der Waals surface area contributed by atoms with Crippen LogP contribution in [0.5, 0.6) is 0 Å². The van der Waals surface area contributed by atoms with E-state index in [-0.39, 0.29) is 5.69 Å². The van der Waals surface area contributed by atoms with E-state index in [9.17, 15) is 4.79 Å². The molecule has 0 aliphatic carbocycles. The van der Waals surface area contributed by atoms with Crippen LogP contribution >= 0.6 is 0 Å². The van der Waals surface area contributed by atoms with Gasteiger partial charge in [-0.05, 0) is 85.8 Å². The molecule has 1 atom stereocenters. The van der Waals surface area contributed by atoms with E-state index in [0.29, 0.717) is 6.04 Å². The maximum Gasteiger partial charge on any atom is 0.269 e. The first-order chi connectivity index (χ1) is 16.5. The van der Waals surface area contributed by atoms with Gasteiger partial charge in [0.25, 0.3) is 5.91 Å². The monoisotopic (exact) mass is 450 g/mol. The van der Waals surface area contributed by atoms with Gasteiger partial charge >= 0.3 is 0 Å². The zero-order valence-electron chi connectivity index (χ0n) is 19.7. The highest BCUT2D eigenvalue weighted by Gasteiger charge is 2.22. The average molecular weight is 451 g/mol. The molecule has 5 heteroatoms. The molecule has 0 saturated carbocycles. The molecule has 1 unspecified atom stereocenters. The summed E-state index contributed by atoms with van der Waals surface area (Å²) in [6, 6.07) is 28.4. The minimum absolute atomic E-state index is 0.280. The van der Waals surface area contributed by atoms with Crippen LogP contribution in [0.4, 0.5) is 0 Å². The van der Waals surface area contributed by atoms with Crippen molar-refractivity contribution in [2.45, 2.75) is 32.2 Å². The molecule has 0 spiro atoms. The Kier molecular flexibility index (Phi) is 6.03. The Labute approximate surface area is 200 Å². The van der Waals surface area contributed by atoms with Gasteiger partial charge in [-0.1, -0.05) is 60.7 Å². The Bertz CT molecular complexity index is 1290. The third kappa shape index (κ3) is 4.52. The van der Waals surface area contributed by atoms with Crippen molar-refractivity contribution in [1.82, 2.24) is 14.7 Å². The Morgan fingerprint density at radius 1 is 0.941 bits per heavy atom. The third-order valence-corrected chi connectivity index (χ3v) is 6.83. The highest BCUT2D eigenvalue weighted by molar-refractivity contribution is 5.90. The van der Waals surface area contributed by atoms with Crippen molar-refractivity contribution in [2.75, 3.05) is 13.6 Å². The number of nitrogens with two attached hydrogens (primary N) is 1. The van der Waals surface area contributed by atoms with Gasteiger partial charge in [0.05, 0.1) is 5.69 Å². The minimum Gasteiger partial charge on any atom is -0.364 e. The van der Waals surface area contributed by atoms with Gasteiger partial charge in [0.2, 0.25) is 0 Å². The fourth-order valence-corrected chi connectivity index (χ4v) is 4.89. The van der Waals surface area contributed by atoms with Crippen molar-refractivity contribution in [3.63, 3.8) is 0 Å². The molecule has 3 aromatic carbocycles. The molecule has 0 bridgehead atoms. The summed E-state index contributed by atoms with van der Waals surface area (Å²) >= 11 is 0. The Morgan fingerprint density at radius 3 is 2.06 bits per heavy atom. The fourth-order valence-electron chi connectivity index (χ4n) is 4.89. The van der Waals surface area contributed by atoms with Crippen LogP contribution in [-0.2, 0) is 6.42 Å². The first-order valence-corrected chi connectivity index (χ1v) is 11.8. The van der Waals surface area contributed by atoms with Crippen LogP contribution in [-0.4, -0.2) is 34.2 Å². The molecule has 1 aromatic heterocycles. The smallest absolute Gasteiger partial charge is 0.269 e. The molecule has 5 rings (SSSR count). The molecule has 1 fully saturated rings. The van der Waals surface area contributed by atoms with Crippen LogP contribution in [0, 0.1) is 6.92 Å². The Balaban J connectivity index is 1.26. The van der Waals surface area contributed by atoms with E-state index in [1.807, 2.05) is 19.1 Å². The SMILES string of the molecule is Cc1cc(C(N)=O)nn1-c1ccc(Cc2ccc(-c3ccc(C4CCCN4C)cc3)cc2)cc1.